The number of rotatable bonds is 9. The van der Waals surface area contributed by atoms with Gasteiger partial charge in [-0.2, -0.15) is 0 Å². The molecular formula is C10H19O2SSn. The molecule has 3 radical (unpaired) electrons. The third-order valence-corrected chi connectivity index (χ3v) is 5.40. The fourth-order valence-corrected chi connectivity index (χ4v) is 3.60. The van der Waals surface area contributed by atoms with Gasteiger partial charge >= 0.3 is 103 Å². The van der Waals surface area contributed by atoms with Crippen molar-refractivity contribution in [2.45, 2.75) is 57.1 Å². The van der Waals surface area contributed by atoms with Gasteiger partial charge in [-0.1, -0.05) is 0 Å². The van der Waals surface area contributed by atoms with Crippen molar-refractivity contribution in [3.8, 4) is 0 Å². The molecule has 1 atom stereocenters. The molecule has 81 valence electrons. The quantitative estimate of drug-likeness (QED) is 0.524. The van der Waals surface area contributed by atoms with E-state index in [1.165, 1.54) is 62.2 Å². The predicted octanol–water partition coefficient (Wildman–Crippen LogP) is 3.01. The van der Waals surface area contributed by atoms with Gasteiger partial charge in [-0.3, -0.25) is 0 Å². The van der Waals surface area contributed by atoms with Crippen LogP contribution in [0.4, 0.5) is 0 Å². The van der Waals surface area contributed by atoms with Crippen molar-refractivity contribution in [1.29, 1.82) is 0 Å². The summed E-state index contributed by atoms with van der Waals surface area (Å²) in [5.41, 5.74) is 0. The summed E-state index contributed by atoms with van der Waals surface area (Å²) in [6.45, 7) is 2.21. The summed E-state index contributed by atoms with van der Waals surface area (Å²) in [5, 5.41) is 8.65. The third kappa shape index (κ3) is 7.97. The van der Waals surface area contributed by atoms with Crippen LogP contribution in [0.5, 0.6) is 0 Å². The van der Waals surface area contributed by atoms with E-state index in [-0.39, 0.29) is 5.25 Å². The molecule has 0 spiro atoms. The second-order valence-corrected chi connectivity index (χ2v) is 6.32. The summed E-state index contributed by atoms with van der Waals surface area (Å²) in [4.78, 5) is 10.7. The average molecular weight is 322 g/mol. The molecule has 0 aliphatic heterocycles. The maximum absolute atomic E-state index is 10.7. The SMILES string of the molecule is CCCCCCCCC([S][Sn])C(=O)O. The van der Waals surface area contributed by atoms with Gasteiger partial charge in [-0.15, -0.1) is 0 Å². The molecule has 0 rings (SSSR count). The van der Waals surface area contributed by atoms with Gasteiger partial charge in [-0.25, -0.2) is 0 Å². The molecule has 0 saturated carbocycles. The minimum atomic E-state index is -0.639. The van der Waals surface area contributed by atoms with E-state index in [1.807, 2.05) is 0 Å². The van der Waals surface area contributed by atoms with Crippen LogP contribution < -0.4 is 0 Å². The summed E-state index contributed by atoms with van der Waals surface area (Å²) < 4.78 is 0. The third-order valence-electron chi connectivity index (χ3n) is 2.24. The Morgan fingerprint density at radius 3 is 2.36 bits per heavy atom. The molecule has 0 aliphatic rings. The van der Waals surface area contributed by atoms with E-state index < -0.39 is 5.97 Å². The van der Waals surface area contributed by atoms with Crippen molar-refractivity contribution in [3.05, 3.63) is 0 Å². The van der Waals surface area contributed by atoms with E-state index in [0.29, 0.717) is 0 Å². The molecule has 4 heteroatoms. The zero-order valence-electron chi connectivity index (χ0n) is 8.79. The van der Waals surface area contributed by atoms with Crippen LogP contribution in [0, 0.1) is 0 Å². The molecule has 1 unspecified atom stereocenters. The standard InChI is InChI=1S/C10H20O2S.Sn/c1-2-3-4-5-6-7-8-9(13)10(11)12;/h9,13H,2-8H2,1H3,(H,11,12);/q;+1/p-1. The van der Waals surface area contributed by atoms with Gasteiger partial charge in [0.1, 0.15) is 0 Å². The molecule has 14 heavy (non-hydrogen) atoms. The fourth-order valence-electron chi connectivity index (χ4n) is 1.34. The number of unbranched alkanes of at least 4 members (excludes halogenated alkanes) is 5. The van der Waals surface area contributed by atoms with Gasteiger partial charge in [0.05, 0.1) is 0 Å². The van der Waals surface area contributed by atoms with E-state index in [4.69, 9.17) is 5.11 Å². The number of carboxylic acid groups (broad SMARTS) is 1. The first-order valence-electron chi connectivity index (χ1n) is 5.27. The van der Waals surface area contributed by atoms with Crippen molar-refractivity contribution in [1.82, 2.24) is 0 Å². The van der Waals surface area contributed by atoms with Crippen molar-refractivity contribution < 1.29 is 9.90 Å². The molecule has 0 bridgehead atoms. The van der Waals surface area contributed by atoms with Crippen LogP contribution in [0.25, 0.3) is 0 Å². The second kappa shape index (κ2) is 10.1. The van der Waals surface area contributed by atoms with Gasteiger partial charge < -0.3 is 0 Å². The van der Waals surface area contributed by atoms with Crippen LogP contribution in [0.15, 0.2) is 0 Å². The predicted molar refractivity (Wildman–Crippen MR) is 62.8 cm³/mol. The summed E-state index contributed by atoms with van der Waals surface area (Å²) in [5.74, 6) is -0.639. The fraction of sp³-hybridized carbons (Fsp3) is 0.900. The molecule has 0 aromatic rings. The molecule has 0 heterocycles. The van der Waals surface area contributed by atoms with Crippen LogP contribution in [0.1, 0.15) is 51.9 Å². The van der Waals surface area contributed by atoms with Gasteiger partial charge in [0.15, 0.2) is 0 Å². The van der Waals surface area contributed by atoms with Crippen LogP contribution >= 0.6 is 8.95 Å². The Hall–Kier alpha value is 0.619. The van der Waals surface area contributed by atoms with Crippen LogP contribution in [-0.4, -0.2) is 37.5 Å². The van der Waals surface area contributed by atoms with E-state index in [0.717, 1.165) is 12.8 Å². The van der Waals surface area contributed by atoms with Crippen molar-refractivity contribution in [2.24, 2.45) is 0 Å². The normalized spacial score (nSPS) is 12.7. The van der Waals surface area contributed by atoms with Gasteiger partial charge in [-0.05, 0) is 0 Å². The average Bonchev–Trinajstić information content (AvgIpc) is 2.16. The molecule has 2 nitrogen and oxygen atoms in total. The van der Waals surface area contributed by atoms with Gasteiger partial charge in [0, 0.05) is 0 Å². The van der Waals surface area contributed by atoms with E-state index in [2.05, 4.69) is 6.92 Å². The van der Waals surface area contributed by atoms with E-state index in [9.17, 15) is 4.79 Å². The Labute approximate surface area is 103 Å². The zero-order valence-corrected chi connectivity index (χ0v) is 12.5. The Morgan fingerprint density at radius 1 is 1.29 bits per heavy atom. The first-order chi connectivity index (χ1) is 6.72. The van der Waals surface area contributed by atoms with Gasteiger partial charge in [0.2, 0.25) is 0 Å². The Bertz CT molecular complexity index is 153. The molecule has 0 saturated heterocycles. The Balaban J connectivity index is 3.29. The zero-order chi connectivity index (χ0) is 10.8. The molecule has 0 aromatic heterocycles. The summed E-state index contributed by atoms with van der Waals surface area (Å²) >= 11 is 1.26. The monoisotopic (exact) mass is 323 g/mol. The first kappa shape index (κ1) is 14.6. The number of aliphatic carboxylic acids is 1. The Morgan fingerprint density at radius 2 is 1.86 bits per heavy atom. The molecular weight excluding hydrogens is 303 g/mol. The van der Waals surface area contributed by atoms with E-state index in [1.54, 1.807) is 0 Å². The van der Waals surface area contributed by atoms with Gasteiger partial charge in [0.25, 0.3) is 0 Å². The summed E-state index contributed by atoms with van der Waals surface area (Å²) in [6.07, 6.45) is 8.27. The van der Waals surface area contributed by atoms with E-state index >= 15 is 0 Å². The molecule has 1 N–H and O–H groups in total. The molecule has 0 amide bonds. The topological polar surface area (TPSA) is 37.3 Å². The van der Waals surface area contributed by atoms with Crippen LogP contribution in [0.3, 0.4) is 0 Å². The van der Waals surface area contributed by atoms with Crippen molar-refractivity contribution >= 4 is 36.1 Å². The first-order valence-corrected chi connectivity index (χ1v) is 9.65. The molecule has 0 fully saturated rings. The summed E-state index contributed by atoms with van der Waals surface area (Å²) in [7, 11) is 1.54. The number of carbonyl (C=O) groups is 1. The maximum atomic E-state index is 10.7. The summed E-state index contributed by atoms with van der Waals surface area (Å²) in [6, 6.07) is 0. The van der Waals surface area contributed by atoms with Crippen molar-refractivity contribution in [3.63, 3.8) is 0 Å². The van der Waals surface area contributed by atoms with Crippen molar-refractivity contribution in [2.75, 3.05) is 0 Å². The number of hydrogen-bond donors (Lipinski definition) is 1. The number of hydrogen-bond acceptors (Lipinski definition) is 2. The number of carboxylic acids is 1. The molecule has 0 aromatic carbocycles. The minimum absolute atomic E-state index is 0.153. The van der Waals surface area contributed by atoms with Crippen LogP contribution in [-0.2, 0) is 4.79 Å². The van der Waals surface area contributed by atoms with Crippen LogP contribution in [0.2, 0.25) is 0 Å². The Kier molecular flexibility index (Phi) is 10.6. The molecule has 0 aliphatic carbocycles. The second-order valence-electron chi connectivity index (χ2n) is 3.50.